The highest BCUT2D eigenvalue weighted by Crippen LogP contribution is 2.32. The third kappa shape index (κ3) is 3.08. The quantitative estimate of drug-likeness (QED) is 0.681. The van der Waals surface area contributed by atoms with E-state index in [0.717, 1.165) is 17.1 Å². The first-order valence-electron chi connectivity index (χ1n) is 8.26. The first-order valence-corrected chi connectivity index (χ1v) is 11.4. The van der Waals surface area contributed by atoms with Gasteiger partial charge in [-0.1, -0.05) is 36.5 Å². The van der Waals surface area contributed by atoms with Crippen LogP contribution in [0.2, 0.25) is 0 Å². The van der Waals surface area contributed by atoms with Gasteiger partial charge in [-0.2, -0.15) is 4.31 Å². The molecule has 8 heteroatoms. The van der Waals surface area contributed by atoms with Gasteiger partial charge in [0.1, 0.15) is 4.21 Å². The molecule has 0 unspecified atom stereocenters. The van der Waals surface area contributed by atoms with Crippen molar-refractivity contribution in [3.8, 4) is 0 Å². The van der Waals surface area contributed by atoms with Crippen molar-refractivity contribution in [1.82, 2.24) is 9.29 Å². The lowest BCUT2D eigenvalue weighted by molar-refractivity contribution is 0.386. The van der Waals surface area contributed by atoms with E-state index in [9.17, 15) is 8.42 Å². The molecule has 25 heavy (non-hydrogen) atoms. The Hall–Kier alpha value is -1.48. The summed E-state index contributed by atoms with van der Waals surface area (Å²) in [5, 5.41) is 2.79. The van der Waals surface area contributed by atoms with Crippen LogP contribution in [0.15, 0.2) is 39.9 Å². The van der Waals surface area contributed by atoms with Gasteiger partial charge in [-0.15, -0.1) is 11.3 Å². The molecule has 1 aliphatic heterocycles. The van der Waals surface area contributed by atoms with Crippen LogP contribution in [0, 0.1) is 0 Å². The van der Waals surface area contributed by atoms with Crippen LogP contribution < -0.4 is 4.90 Å². The van der Waals surface area contributed by atoms with Gasteiger partial charge in [-0.25, -0.2) is 13.4 Å². The van der Waals surface area contributed by atoms with E-state index in [-0.39, 0.29) is 0 Å². The van der Waals surface area contributed by atoms with Crippen LogP contribution in [0.5, 0.6) is 0 Å². The Morgan fingerprint density at radius 3 is 2.60 bits per heavy atom. The summed E-state index contributed by atoms with van der Waals surface area (Å²) in [4.78, 5) is 7.02. The third-order valence-corrected chi connectivity index (χ3v) is 8.82. The molecule has 2 aromatic heterocycles. The number of hydrogen-bond donors (Lipinski definition) is 0. The maximum absolute atomic E-state index is 12.6. The van der Waals surface area contributed by atoms with Gasteiger partial charge in [-0.05, 0) is 29.5 Å². The molecule has 4 rings (SSSR count). The van der Waals surface area contributed by atoms with Gasteiger partial charge < -0.3 is 4.90 Å². The van der Waals surface area contributed by atoms with Crippen molar-refractivity contribution >= 4 is 48.0 Å². The largest absolute Gasteiger partial charge is 0.345 e. The number of piperazine rings is 1. The number of anilines is 1. The number of benzene rings is 1. The number of aromatic nitrogens is 1. The molecule has 3 aromatic rings. The fourth-order valence-corrected chi connectivity index (χ4v) is 6.70. The van der Waals surface area contributed by atoms with Crippen molar-refractivity contribution in [2.45, 2.75) is 17.6 Å². The van der Waals surface area contributed by atoms with Crippen molar-refractivity contribution < 1.29 is 8.42 Å². The number of rotatable bonds is 4. The van der Waals surface area contributed by atoms with Crippen LogP contribution in [0.4, 0.5) is 5.13 Å². The van der Waals surface area contributed by atoms with Crippen LogP contribution in [-0.4, -0.2) is 43.9 Å². The number of thiophene rings is 1. The fraction of sp³-hybridized carbons (Fsp3) is 0.353. The number of sulfonamides is 1. The summed E-state index contributed by atoms with van der Waals surface area (Å²) in [6.45, 7) is 4.48. The van der Waals surface area contributed by atoms with Crippen LogP contribution in [0.1, 0.15) is 12.5 Å². The lowest BCUT2D eigenvalue weighted by Gasteiger charge is -2.33. The molecule has 132 valence electrons. The van der Waals surface area contributed by atoms with E-state index in [4.69, 9.17) is 4.98 Å². The predicted molar refractivity (Wildman–Crippen MR) is 104 cm³/mol. The minimum Gasteiger partial charge on any atom is -0.345 e. The van der Waals surface area contributed by atoms with Crippen LogP contribution in [0.25, 0.3) is 10.2 Å². The monoisotopic (exact) mass is 393 g/mol. The molecule has 0 amide bonds. The molecule has 1 fully saturated rings. The highest BCUT2D eigenvalue weighted by molar-refractivity contribution is 7.91. The summed E-state index contributed by atoms with van der Waals surface area (Å²) in [5.74, 6) is 0. The van der Waals surface area contributed by atoms with Gasteiger partial charge in [0.25, 0.3) is 10.0 Å². The Balaban J connectivity index is 1.53. The molecule has 0 spiro atoms. The summed E-state index contributed by atoms with van der Waals surface area (Å²) in [6.07, 6.45) is 0.966. The Morgan fingerprint density at radius 2 is 1.92 bits per heavy atom. The van der Waals surface area contributed by atoms with Crippen molar-refractivity contribution in [2.75, 3.05) is 31.1 Å². The first kappa shape index (κ1) is 17.0. The van der Waals surface area contributed by atoms with Gasteiger partial charge in [0.15, 0.2) is 5.13 Å². The Morgan fingerprint density at radius 1 is 1.12 bits per heavy atom. The standard InChI is InChI=1S/C17H19N3O2S3/c1-2-13-5-3-6-14-16(13)18-17(24-14)19-8-10-20(11-9-19)25(21,22)15-7-4-12-23-15/h3-7,12H,2,8-11H2,1H3. The molecule has 5 nitrogen and oxygen atoms in total. The van der Waals surface area contributed by atoms with E-state index in [1.807, 2.05) is 0 Å². The number of thiazole rings is 1. The molecule has 0 N–H and O–H groups in total. The molecular weight excluding hydrogens is 374 g/mol. The summed E-state index contributed by atoms with van der Waals surface area (Å²) in [5.41, 5.74) is 2.34. The normalized spacial score (nSPS) is 16.6. The number of aryl methyl sites for hydroxylation is 1. The second kappa shape index (κ2) is 6.68. The Labute approximate surface area is 155 Å². The number of fused-ring (bicyclic) bond motifs is 1. The van der Waals surface area contributed by atoms with Crippen molar-refractivity contribution in [2.24, 2.45) is 0 Å². The van der Waals surface area contributed by atoms with Gasteiger partial charge >= 0.3 is 0 Å². The maximum atomic E-state index is 12.6. The van der Waals surface area contributed by atoms with Gasteiger partial charge in [0, 0.05) is 26.2 Å². The minimum atomic E-state index is -3.35. The zero-order valence-corrected chi connectivity index (χ0v) is 16.3. The van der Waals surface area contributed by atoms with Crippen LogP contribution in [0.3, 0.4) is 0 Å². The van der Waals surface area contributed by atoms with Gasteiger partial charge in [0.05, 0.1) is 10.2 Å². The second-order valence-electron chi connectivity index (χ2n) is 5.94. The van der Waals surface area contributed by atoms with E-state index in [1.54, 1.807) is 33.2 Å². The summed E-state index contributed by atoms with van der Waals surface area (Å²) in [6, 6.07) is 9.76. The lowest BCUT2D eigenvalue weighted by atomic mass is 10.1. The highest BCUT2D eigenvalue weighted by atomic mass is 32.2. The van der Waals surface area contributed by atoms with Gasteiger partial charge in [-0.3, -0.25) is 0 Å². The molecule has 0 radical (unpaired) electrons. The number of hydrogen-bond acceptors (Lipinski definition) is 6. The molecule has 0 atom stereocenters. The number of para-hydroxylation sites is 1. The Bertz CT molecular complexity index is 972. The molecule has 1 saturated heterocycles. The minimum absolute atomic E-state index is 0.425. The molecule has 1 aromatic carbocycles. The molecule has 0 bridgehead atoms. The van der Waals surface area contributed by atoms with E-state index < -0.39 is 10.0 Å². The van der Waals surface area contributed by atoms with E-state index in [0.29, 0.717) is 30.4 Å². The van der Waals surface area contributed by atoms with Crippen LogP contribution >= 0.6 is 22.7 Å². The fourth-order valence-electron chi connectivity index (χ4n) is 3.07. The predicted octanol–water partition coefficient (Wildman–Crippen LogP) is 3.43. The summed E-state index contributed by atoms with van der Waals surface area (Å²) < 4.78 is 28.4. The van der Waals surface area contributed by atoms with E-state index in [2.05, 4.69) is 30.0 Å². The molecule has 0 aliphatic carbocycles. The number of nitrogens with zero attached hydrogens (tertiary/aromatic N) is 3. The second-order valence-corrected chi connectivity index (χ2v) is 10.1. The van der Waals surface area contributed by atoms with E-state index in [1.165, 1.54) is 21.6 Å². The zero-order valence-electron chi connectivity index (χ0n) is 13.9. The third-order valence-electron chi connectivity index (χ3n) is 4.47. The Kier molecular flexibility index (Phi) is 4.53. The molecule has 3 heterocycles. The molecule has 0 saturated carbocycles. The average Bonchev–Trinajstić information content (AvgIpc) is 3.31. The summed E-state index contributed by atoms with van der Waals surface area (Å²) >= 11 is 2.96. The van der Waals surface area contributed by atoms with Crippen molar-refractivity contribution in [3.05, 3.63) is 41.3 Å². The first-order chi connectivity index (χ1) is 12.1. The van der Waals surface area contributed by atoms with Crippen LogP contribution in [-0.2, 0) is 16.4 Å². The topological polar surface area (TPSA) is 53.5 Å². The lowest BCUT2D eigenvalue weighted by Crippen LogP contribution is -2.48. The molecule has 1 aliphatic rings. The maximum Gasteiger partial charge on any atom is 0.252 e. The highest BCUT2D eigenvalue weighted by Gasteiger charge is 2.30. The summed E-state index contributed by atoms with van der Waals surface area (Å²) in [7, 11) is -3.35. The van der Waals surface area contributed by atoms with Gasteiger partial charge in [0.2, 0.25) is 0 Å². The smallest absolute Gasteiger partial charge is 0.252 e. The van der Waals surface area contributed by atoms with Crippen molar-refractivity contribution in [3.63, 3.8) is 0 Å². The molecular formula is C17H19N3O2S3. The van der Waals surface area contributed by atoms with E-state index >= 15 is 0 Å². The zero-order chi connectivity index (χ0) is 17.4. The average molecular weight is 394 g/mol. The SMILES string of the molecule is CCc1cccc2sc(N3CCN(S(=O)(=O)c4cccs4)CC3)nc12. The van der Waals surface area contributed by atoms with Crippen molar-refractivity contribution in [1.29, 1.82) is 0 Å².